The van der Waals surface area contributed by atoms with E-state index in [1.165, 1.54) is 5.56 Å². The zero-order valence-corrected chi connectivity index (χ0v) is 18.9. The Morgan fingerprint density at radius 1 is 0.839 bits per heavy atom. The minimum absolute atomic E-state index is 0.0254. The van der Waals surface area contributed by atoms with E-state index in [9.17, 15) is 9.59 Å². The van der Waals surface area contributed by atoms with E-state index in [1.807, 2.05) is 53.4 Å². The fraction of sp³-hybridized carbons (Fsp3) is 0.440. The molecule has 31 heavy (non-hydrogen) atoms. The molecule has 2 aromatic carbocycles. The molecule has 166 valence electrons. The summed E-state index contributed by atoms with van der Waals surface area (Å²) >= 11 is 5.91. The second-order valence-electron chi connectivity index (χ2n) is 7.92. The Labute approximate surface area is 189 Å². The van der Waals surface area contributed by atoms with E-state index in [0.29, 0.717) is 49.8 Å². The lowest BCUT2D eigenvalue weighted by Crippen LogP contribution is -2.39. The highest BCUT2D eigenvalue weighted by Crippen LogP contribution is 2.15. The monoisotopic (exact) mass is 442 g/mol. The molecular formula is C25H31ClN2O3. The summed E-state index contributed by atoms with van der Waals surface area (Å²) in [6, 6.07) is 15.5. The first-order valence-electron chi connectivity index (χ1n) is 11.1. The van der Waals surface area contributed by atoms with Crippen LogP contribution in [0.15, 0.2) is 48.5 Å². The lowest BCUT2D eigenvalue weighted by molar-refractivity contribution is -0.134. The molecule has 0 bridgehead atoms. The van der Waals surface area contributed by atoms with Gasteiger partial charge in [-0.1, -0.05) is 49.2 Å². The Bertz CT molecular complexity index is 852. The van der Waals surface area contributed by atoms with Crippen molar-refractivity contribution in [2.45, 2.75) is 39.0 Å². The molecule has 1 saturated heterocycles. The maximum Gasteiger partial charge on any atom is 0.260 e. The number of benzene rings is 2. The molecule has 0 atom stereocenters. The molecule has 1 fully saturated rings. The number of nitrogens with zero attached hydrogens (tertiary/aromatic N) is 2. The molecule has 0 saturated carbocycles. The van der Waals surface area contributed by atoms with Crippen molar-refractivity contribution in [1.29, 1.82) is 0 Å². The average Bonchev–Trinajstić information content (AvgIpc) is 3.04. The van der Waals surface area contributed by atoms with Crippen molar-refractivity contribution in [1.82, 2.24) is 9.80 Å². The number of carbonyl (C=O) groups is 2. The molecule has 1 aliphatic rings. The third-order valence-corrected chi connectivity index (χ3v) is 5.82. The molecule has 0 spiro atoms. The van der Waals surface area contributed by atoms with Gasteiger partial charge in [-0.25, -0.2) is 0 Å². The van der Waals surface area contributed by atoms with Crippen molar-refractivity contribution < 1.29 is 14.3 Å². The smallest absolute Gasteiger partial charge is 0.260 e. The van der Waals surface area contributed by atoms with Crippen LogP contribution >= 0.6 is 11.6 Å². The molecule has 1 heterocycles. The minimum Gasteiger partial charge on any atom is -0.484 e. The molecule has 5 nitrogen and oxygen atoms in total. The van der Waals surface area contributed by atoms with Gasteiger partial charge in [0.2, 0.25) is 5.91 Å². The van der Waals surface area contributed by atoms with Gasteiger partial charge in [0.25, 0.3) is 5.91 Å². The number of hydrogen-bond acceptors (Lipinski definition) is 3. The number of rotatable bonds is 8. The minimum atomic E-state index is -0.0342. The van der Waals surface area contributed by atoms with E-state index < -0.39 is 0 Å². The Morgan fingerprint density at radius 3 is 2.06 bits per heavy atom. The van der Waals surface area contributed by atoms with Crippen LogP contribution in [0.25, 0.3) is 0 Å². The SMILES string of the molecule is CCCc1ccc(OCC(=O)N2CCCN(C(=O)CCc3ccc(Cl)cc3)CC2)cc1. The topological polar surface area (TPSA) is 49.9 Å². The summed E-state index contributed by atoms with van der Waals surface area (Å²) in [4.78, 5) is 28.9. The van der Waals surface area contributed by atoms with E-state index in [2.05, 4.69) is 6.92 Å². The van der Waals surface area contributed by atoms with Gasteiger partial charge >= 0.3 is 0 Å². The van der Waals surface area contributed by atoms with Crippen LogP contribution in [0.5, 0.6) is 5.75 Å². The van der Waals surface area contributed by atoms with Crippen molar-refractivity contribution in [3.63, 3.8) is 0 Å². The van der Waals surface area contributed by atoms with Crippen molar-refractivity contribution in [2.24, 2.45) is 0 Å². The normalized spacial score (nSPS) is 14.3. The van der Waals surface area contributed by atoms with Gasteiger partial charge in [-0.05, 0) is 54.7 Å². The molecule has 0 aliphatic carbocycles. The van der Waals surface area contributed by atoms with Crippen LogP contribution in [-0.2, 0) is 22.4 Å². The maximum absolute atomic E-state index is 12.6. The van der Waals surface area contributed by atoms with Crippen LogP contribution in [0, 0.1) is 0 Å². The van der Waals surface area contributed by atoms with Crippen molar-refractivity contribution >= 4 is 23.4 Å². The van der Waals surface area contributed by atoms with Gasteiger partial charge in [0.05, 0.1) is 0 Å². The highest BCUT2D eigenvalue weighted by atomic mass is 35.5. The van der Waals surface area contributed by atoms with Gasteiger partial charge in [-0.2, -0.15) is 0 Å². The predicted octanol–water partition coefficient (Wildman–Crippen LogP) is 4.37. The van der Waals surface area contributed by atoms with Crippen molar-refractivity contribution in [3.8, 4) is 5.75 Å². The summed E-state index contributed by atoms with van der Waals surface area (Å²) in [5, 5.41) is 0.699. The van der Waals surface area contributed by atoms with E-state index >= 15 is 0 Å². The van der Waals surface area contributed by atoms with Crippen molar-refractivity contribution in [3.05, 3.63) is 64.7 Å². The highest BCUT2D eigenvalue weighted by molar-refractivity contribution is 6.30. The summed E-state index contributed by atoms with van der Waals surface area (Å²) in [6.45, 7) is 4.62. The molecule has 0 aromatic heterocycles. The molecule has 3 rings (SSSR count). The van der Waals surface area contributed by atoms with E-state index in [-0.39, 0.29) is 18.4 Å². The number of aryl methyl sites for hydroxylation is 2. The highest BCUT2D eigenvalue weighted by Gasteiger charge is 2.22. The number of carbonyl (C=O) groups excluding carboxylic acids is 2. The van der Waals surface area contributed by atoms with Gasteiger partial charge in [0.15, 0.2) is 6.61 Å². The fourth-order valence-corrected chi connectivity index (χ4v) is 3.88. The van der Waals surface area contributed by atoms with Crippen LogP contribution in [0.1, 0.15) is 37.3 Å². The molecule has 2 aromatic rings. The quantitative estimate of drug-likeness (QED) is 0.610. The zero-order valence-electron chi connectivity index (χ0n) is 18.2. The van der Waals surface area contributed by atoms with Crippen LogP contribution in [0.3, 0.4) is 0 Å². The Balaban J connectivity index is 1.42. The summed E-state index contributed by atoms with van der Waals surface area (Å²) < 4.78 is 5.68. The predicted molar refractivity (Wildman–Crippen MR) is 123 cm³/mol. The summed E-state index contributed by atoms with van der Waals surface area (Å²) in [6.07, 6.45) is 4.09. The van der Waals surface area contributed by atoms with Gasteiger partial charge in [0, 0.05) is 37.6 Å². The first-order chi connectivity index (χ1) is 15.0. The lowest BCUT2D eigenvalue weighted by Gasteiger charge is -2.22. The Morgan fingerprint density at radius 2 is 1.42 bits per heavy atom. The van der Waals surface area contributed by atoms with Crippen LogP contribution < -0.4 is 4.74 Å². The molecular weight excluding hydrogens is 412 g/mol. The first kappa shape index (κ1) is 23.1. The summed E-state index contributed by atoms with van der Waals surface area (Å²) in [5.74, 6) is 0.808. The van der Waals surface area contributed by atoms with Crippen LogP contribution in [0.4, 0.5) is 0 Å². The third-order valence-electron chi connectivity index (χ3n) is 5.57. The standard InChI is InChI=1S/C25H31ClN2O3/c1-2-4-20-7-12-23(13-8-20)31-19-25(30)28-16-3-15-27(17-18-28)24(29)14-9-21-5-10-22(26)11-6-21/h5-8,10-13H,2-4,9,14-19H2,1H3. The molecule has 6 heteroatoms. The Hall–Kier alpha value is -2.53. The van der Waals surface area contributed by atoms with Gasteiger partial charge in [0.1, 0.15) is 5.75 Å². The van der Waals surface area contributed by atoms with Crippen LogP contribution in [0.2, 0.25) is 5.02 Å². The van der Waals surface area contributed by atoms with Crippen molar-refractivity contribution in [2.75, 3.05) is 32.8 Å². The summed E-state index contributed by atoms with van der Waals surface area (Å²) in [5.41, 5.74) is 2.37. The molecule has 0 radical (unpaired) electrons. The number of amides is 2. The fourth-order valence-electron chi connectivity index (χ4n) is 3.75. The van der Waals surface area contributed by atoms with Gasteiger partial charge in [-0.15, -0.1) is 0 Å². The second kappa shape index (κ2) is 11.8. The first-order valence-corrected chi connectivity index (χ1v) is 11.4. The largest absolute Gasteiger partial charge is 0.484 e. The lowest BCUT2D eigenvalue weighted by atomic mass is 10.1. The van der Waals surface area contributed by atoms with Crippen LogP contribution in [-0.4, -0.2) is 54.4 Å². The second-order valence-corrected chi connectivity index (χ2v) is 8.36. The number of halogens is 1. The molecule has 0 N–H and O–H groups in total. The number of hydrogen-bond donors (Lipinski definition) is 0. The maximum atomic E-state index is 12.6. The molecule has 0 unspecified atom stereocenters. The van der Waals surface area contributed by atoms with E-state index in [0.717, 1.165) is 24.8 Å². The zero-order chi connectivity index (χ0) is 22.1. The van der Waals surface area contributed by atoms with Gasteiger partial charge in [-0.3, -0.25) is 9.59 Å². The van der Waals surface area contributed by atoms with E-state index in [4.69, 9.17) is 16.3 Å². The summed E-state index contributed by atoms with van der Waals surface area (Å²) in [7, 11) is 0. The molecule has 1 aliphatic heterocycles. The Kier molecular flexibility index (Phi) is 8.77. The third kappa shape index (κ3) is 7.28. The molecule has 2 amide bonds. The van der Waals surface area contributed by atoms with Gasteiger partial charge < -0.3 is 14.5 Å². The van der Waals surface area contributed by atoms with E-state index in [1.54, 1.807) is 4.90 Å². The average molecular weight is 443 g/mol. The number of ether oxygens (including phenoxy) is 1.